The largest absolute Gasteiger partial charge is 0.550 e. The van der Waals surface area contributed by atoms with E-state index >= 15 is 0 Å². The fourth-order valence-electron chi connectivity index (χ4n) is 1.58. The van der Waals surface area contributed by atoms with Gasteiger partial charge in [0.15, 0.2) is 0 Å². The van der Waals surface area contributed by atoms with Crippen LogP contribution in [0, 0.1) is 0 Å². The Morgan fingerprint density at radius 1 is 0.875 bits per heavy atom. The van der Waals surface area contributed by atoms with E-state index in [-0.39, 0.29) is 42.1 Å². The van der Waals surface area contributed by atoms with Crippen molar-refractivity contribution in [2.75, 3.05) is 0 Å². The van der Waals surface area contributed by atoms with Crippen molar-refractivity contribution in [2.24, 2.45) is 0 Å². The Balaban J connectivity index is -0.000000845. The van der Waals surface area contributed by atoms with Gasteiger partial charge in [0.25, 0.3) is 0 Å². The van der Waals surface area contributed by atoms with Crippen LogP contribution in [0.5, 0.6) is 0 Å². The SMILES string of the molecule is CCCCCCCCCCCC(=O)[O-].[NH4+].[Na]. The number of rotatable bonds is 10. The molecule has 0 fully saturated rings. The number of unbranched alkanes of at least 4 members (excludes halogenated alkanes) is 8. The van der Waals surface area contributed by atoms with Crippen LogP contribution < -0.4 is 11.3 Å². The number of quaternary nitrogens is 1. The van der Waals surface area contributed by atoms with Crippen LogP contribution in [0.4, 0.5) is 0 Å². The van der Waals surface area contributed by atoms with Crippen LogP contribution >= 0.6 is 0 Å². The molecule has 0 aliphatic heterocycles. The van der Waals surface area contributed by atoms with Gasteiger partial charge in [-0.15, -0.1) is 0 Å². The summed E-state index contributed by atoms with van der Waals surface area (Å²) in [4.78, 5) is 10.1. The maximum atomic E-state index is 10.1. The van der Waals surface area contributed by atoms with Crippen molar-refractivity contribution in [3.63, 3.8) is 0 Å². The quantitative estimate of drug-likeness (QED) is 0.470. The maximum absolute atomic E-state index is 10.1. The molecule has 0 unspecified atom stereocenters. The van der Waals surface area contributed by atoms with Gasteiger partial charge in [0, 0.05) is 35.5 Å². The van der Waals surface area contributed by atoms with Crippen LogP contribution in [0.25, 0.3) is 0 Å². The molecule has 0 aliphatic rings. The summed E-state index contributed by atoms with van der Waals surface area (Å²) in [6.07, 6.45) is 11.2. The molecule has 0 atom stereocenters. The molecule has 16 heavy (non-hydrogen) atoms. The molecular formula is C12H27NNaO2. The van der Waals surface area contributed by atoms with E-state index in [2.05, 4.69) is 6.92 Å². The smallest absolute Gasteiger partial charge is 0.0414 e. The average molecular weight is 240 g/mol. The van der Waals surface area contributed by atoms with Crippen LogP contribution in [0.15, 0.2) is 0 Å². The van der Waals surface area contributed by atoms with Crippen molar-refractivity contribution in [1.82, 2.24) is 6.15 Å². The zero-order chi connectivity index (χ0) is 10.6. The van der Waals surface area contributed by atoms with Gasteiger partial charge in [-0.05, 0) is 12.8 Å². The third-order valence-electron chi connectivity index (χ3n) is 2.48. The summed E-state index contributed by atoms with van der Waals surface area (Å²) in [5.41, 5.74) is 0. The van der Waals surface area contributed by atoms with E-state index in [0.717, 1.165) is 12.8 Å². The molecule has 93 valence electrons. The zero-order valence-electron chi connectivity index (χ0n) is 11.4. The van der Waals surface area contributed by atoms with Gasteiger partial charge in [0.1, 0.15) is 0 Å². The Bertz CT molecular complexity index is 143. The van der Waals surface area contributed by atoms with Crippen LogP contribution in [0.3, 0.4) is 0 Å². The van der Waals surface area contributed by atoms with E-state index in [9.17, 15) is 9.90 Å². The number of carbonyl (C=O) groups excluding carboxylic acids is 1. The normalized spacial score (nSPS) is 9.06. The summed E-state index contributed by atoms with van der Waals surface area (Å²) >= 11 is 0. The minimum Gasteiger partial charge on any atom is -0.550 e. The first-order valence-corrected chi connectivity index (χ1v) is 5.97. The molecule has 0 spiro atoms. The number of hydrogen-bond acceptors (Lipinski definition) is 2. The van der Waals surface area contributed by atoms with E-state index in [1.54, 1.807) is 0 Å². The van der Waals surface area contributed by atoms with Gasteiger partial charge in [0.05, 0.1) is 0 Å². The molecule has 4 N–H and O–H groups in total. The molecule has 0 heterocycles. The molecule has 0 bridgehead atoms. The first kappa shape index (κ1) is 21.7. The van der Waals surface area contributed by atoms with Crippen LogP contribution in [0.1, 0.15) is 71.1 Å². The predicted molar refractivity (Wildman–Crippen MR) is 68.6 cm³/mol. The zero-order valence-corrected chi connectivity index (χ0v) is 13.4. The van der Waals surface area contributed by atoms with Gasteiger partial charge in [-0.1, -0.05) is 58.3 Å². The van der Waals surface area contributed by atoms with Crippen LogP contribution in [-0.4, -0.2) is 35.5 Å². The summed E-state index contributed by atoms with van der Waals surface area (Å²) in [5.74, 6) is -0.909. The molecule has 0 saturated heterocycles. The molecule has 0 aromatic heterocycles. The molecule has 0 rings (SSSR count). The van der Waals surface area contributed by atoms with Crippen LogP contribution in [-0.2, 0) is 4.79 Å². The third-order valence-corrected chi connectivity index (χ3v) is 2.48. The minimum atomic E-state index is -0.909. The summed E-state index contributed by atoms with van der Waals surface area (Å²) in [5, 5.41) is 10.1. The van der Waals surface area contributed by atoms with Crippen molar-refractivity contribution in [3.05, 3.63) is 0 Å². The van der Waals surface area contributed by atoms with Crippen molar-refractivity contribution in [3.8, 4) is 0 Å². The number of aliphatic carboxylic acids is 1. The number of carboxylic acid groups (broad SMARTS) is 1. The van der Waals surface area contributed by atoms with Crippen molar-refractivity contribution < 1.29 is 9.90 Å². The molecule has 0 aromatic carbocycles. The molecule has 0 aromatic rings. The predicted octanol–water partition coefficient (Wildman–Crippen LogP) is 2.65. The number of carboxylic acids is 1. The number of carbonyl (C=O) groups is 1. The summed E-state index contributed by atoms with van der Waals surface area (Å²) in [7, 11) is 0. The topological polar surface area (TPSA) is 76.6 Å². The first-order valence-electron chi connectivity index (χ1n) is 5.97. The Hall–Kier alpha value is 0.430. The van der Waals surface area contributed by atoms with Crippen molar-refractivity contribution in [1.29, 1.82) is 0 Å². The second-order valence-corrected chi connectivity index (χ2v) is 3.95. The van der Waals surface area contributed by atoms with Crippen LogP contribution in [0.2, 0.25) is 0 Å². The summed E-state index contributed by atoms with van der Waals surface area (Å²) in [6, 6.07) is 0. The van der Waals surface area contributed by atoms with Gasteiger partial charge < -0.3 is 16.1 Å². The molecule has 4 heteroatoms. The standard InChI is InChI=1S/C12H24O2.H3N.Na/c1-2-3-4-5-6-7-8-9-10-11-12(13)14;;/h2-11H2,1H3,(H,13,14);1H3;. The summed E-state index contributed by atoms with van der Waals surface area (Å²) in [6.45, 7) is 2.22. The van der Waals surface area contributed by atoms with Crippen molar-refractivity contribution >= 4 is 35.5 Å². The van der Waals surface area contributed by atoms with Gasteiger partial charge >= 0.3 is 0 Å². The molecule has 1 radical (unpaired) electrons. The van der Waals surface area contributed by atoms with Gasteiger partial charge in [-0.2, -0.15) is 0 Å². The molecule has 3 nitrogen and oxygen atoms in total. The van der Waals surface area contributed by atoms with Gasteiger partial charge in [-0.3, -0.25) is 0 Å². The average Bonchev–Trinajstić information content (AvgIpc) is 2.15. The van der Waals surface area contributed by atoms with Gasteiger partial charge in [-0.25, -0.2) is 0 Å². The van der Waals surface area contributed by atoms with E-state index in [1.165, 1.54) is 44.9 Å². The third kappa shape index (κ3) is 19.9. The molecule has 0 aliphatic carbocycles. The van der Waals surface area contributed by atoms with E-state index < -0.39 is 5.97 Å². The summed E-state index contributed by atoms with van der Waals surface area (Å²) < 4.78 is 0. The second kappa shape index (κ2) is 17.8. The minimum absolute atomic E-state index is 0. The Labute approximate surface area is 122 Å². The Morgan fingerprint density at radius 2 is 1.25 bits per heavy atom. The maximum Gasteiger partial charge on any atom is 0.0414 e. The Morgan fingerprint density at radius 3 is 1.62 bits per heavy atom. The number of hydrogen-bond donors (Lipinski definition) is 1. The second-order valence-electron chi connectivity index (χ2n) is 3.95. The van der Waals surface area contributed by atoms with E-state index in [0.29, 0.717) is 0 Å². The molecule has 0 amide bonds. The van der Waals surface area contributed by atoms with Crippen molar-refractivity contribution in [2.45, 2.75) is 71.1 Å². The fraction of sp³-hybridized carbons (Fsp3) is 0.917. The monoisotopic (exact) mass is 240 g/mol. The first-order chi connectivity index (χ1) is 6.77. The fourth-order valence-corrected chi connectivity index (χ4v) is 1.58. The molecular weight excluding hydrogens is 213 g/mol. The Kier molecular flexibility index (Phi) is 24.1. The van der Waals surface area contributed by atoms with E-state index in [1.807, 2.05) is 0 Å². The van der Waals surface area contributed by atoms with E-state index in [4.69, 9.17) is 0 Å². The van der Waals surface area contributed by atoms with Gasteiger partial charge in [0.2, 0.25) is 0 Å². The molecule has 0 saturated carbocycles.